The molecule has 5 nitrogen and oxygen atoms in total. The molecular weight excluding hydrogens is 294 g/mol. The van der Waals surface area contributed by atoms with E-state index in [2.05, 4.69) is 12.2 Å². The number of nitrogens with zero attached hydrogens (tertiary/aromatic N) is 1. The molecule has 1 aromatic rings. The van der Waals surface area contributed by atoms with Gasteiger partial charge >= 0.3 is 5.97 Å². The molecule has 1 heterocycles. The number of rotatable bonds is 2. The molecular formula is C18H15NO4. The fraction of sp³-hybridized carbons (Fsp3) is 0.389. The summed E-state index contributed by atoms with van der Waals surface area (Å²) >= 11 is 0. The Morgan fingerprint density at radius 2 is 1.65 bits per heavy atom. The van der Waals surface area contributed by atoms with E-state index in [4.69, 9.17) is 5.11 Å². The van der Waals surface area contributed by atoms with Crippen LogP contribution in [0.15, 0.2) is 36.4 Å². The van der Waals surface area contributed by atoms with Crippen molar-refractivity contribution in [1.82, 2.24) is 0 Å². The van der Waals surface area contributed by atoms with Gasteiger partial charge in [-0.1, -0.05) is 18.2 Å². The fourth-order valence-corrected chi connectivity index (χ4v) is 4.99. The zero-order valence-electron chi connectivity index (χ0n) is 12.3. The molecule has 4 aliphatic carbocycles. The van der Waals surface area contributed by atoms with E-state index in [1.54, 1.807) is 12.1 Å². The second kappa shape index (κ2) is 4.10. The molecule has 0 spiro atoms. The number of imide groups is 1. The van der Waals surface area contributed by atoms with E-state index in [0.29, 0.717) is 17.5 Å². The van der Waals surface area contributed by atoms with E-state index in [9.17, 15) is 14.4 Å². The average molecular weight is 309 g/mol. The first-order valence-electron chi connectivity index (χ1n) is 7.97. The topological polar surface area (TPSA) is 74.7 Å². The smallest absolute Gasteiger partial charge is 0.335 e. The van der Waals surface area contributed by atoms with Crippen molar-refractivity contribution < 1.29 is 19.5 Å². The Kier molecular flexibility index (Phi) is 2.33. The van der Waals surface area contributed by atoms with Crippen molar-refractivity contribution in [3.8, 4) is 0 Å². The van der Waals surface area contributed by atoms with Gasteiger partial charge in [-0.25, -0.2) is 9.69 Å². The van der Waals surface area contributed by atoms with Crippen LogP contribution in [0.5, 0.6) is 0 Å². The van der Waals surface area contributed by atoms with Crippen LogP contribution in [0, 0.1) is 35.5 Å². The van der Waals surface area contributed by atoms with Crippen LogP contribution in [-0.2, 0) is 9.59 Å². The summed E-state index contributed by atoms with van der Waals surface area (Å²) in [7, 11) is 0. The standard InChI is InChI=1S/C18H15NO4/c20-16-14-10-4-5-11(13-7-12(10)13)15(14)17(21)19(16)9-3-1-2-8(6-9)18(22)23/h1-6,10-15H,7H2,(H,22,23)/t10-,11-,12+,13+,14-,15+/m1/s1. The highest BCUT2D eigenvalue weighted by molar-refractivity contribution is 6.22. The van der Waals surface area contributed by atoms with Crippen LogP contribution in [-0.4, -0.2) is 22.9 Å². The summed E-state index contributed by atoms with van der Waals surface area (Å²) in [6.45, 7) is 0. The molecule has 6 atom stereocenters. The number of amides is 2. The number of benzene rings is 1. The Hall–Kier alpha value is -2.43. The molecule has 5 heteroatoms. The quantitative estimate of drug-likeness (QED) is 0.669. The second-order valence-electron chi connectivity index (χ2n) is 7.02. The Bertz CT molecular complexity index is 762. The lowest BCUT2D eigenvalue weighted by molar-refractivity contribution is -0.124. The third-order valence-electron chi connectivity index (χ3n) is 6.01. The third kappa shape index (κ3) is 1.54. The summed E-state index contributed by atoms with van der Waals surface area (Å²) in [4.78, 5) is 38.2. The molecule has 2 saturated carbocycles. The minimum absolute atomic E-state index is 0.0851. The highest BCUT2D eigenvalue weighted by Gasteiger charge is 2.67. The Labute approximate surface area is 132 Å². The molecule has 0 unspecified atom stereocenters. The molecule has 1 aliphatic heterocycles. The first-order chi connectivity index (χ1) is 11.1. The number of carboxylic acids is 1. The van der Waals surface area contributed by atoms with Crippen molar-refractivity contribution in [3.05, 3.63) is 42.0 Å². The van der Waals surface area contributed by atoms with Gasteiger partial charge in [0.05, 0.1) is 23.1 Å². The van der Waals surface area contributed by atoms with Gasteiger partial charge < -0.3 is 5.11 Å². The highest BCUT2D eigenvalue weighted by atomic mass is 16.4. The largest absolute Gasteiger partial charge is 0.478 e. The SMILES string of the molecule is O=C(O)c1cccc(N2C(=O)[C@@H]3[C@@H]4C=C[C@H]([C@@H]5C[C@@H]45)[C@@H]3C2=O)c1. The van der Waals surface area contributed by atoms with Gasteiger partial charge in [-0.2, -0.15) is 0 Å². The Morgan fingerprint density at radius 1 is 1.04 bits per heavy atom. The lowest BCUT2D eigenvalue weighted by atomic mass is 9.63. The maximum absolute atomic E-state index is 12.9. The number of aromatic carboxylic acids is 1. The van der Waals surface area contributed by atoms with E-state index in [-0.39, 0.29) is 41.0 Å². The molecule has 6 rings (SSSR count). The minimum atomic E-state index is -1.06. The van der Waals surface area contributed by atoms with Crippen LogP contribution >= 0.6 is 0 Å². The number of carbonyl (C=O) groups excluding carboxylic acids is 2. The van der Waals surface area contributed by atoms with E-state index >= 15 is 0 Å². The number of allylic oxidation sites excluding steroid dienone is 2. The van der Waals surface area contributed by atoms with Crippen LogP contribution in [0.25, 0.3) is 0 Å². The summed E-state index contributed by atoms with van der Waals surface area (Å²) in [6.07, 6.45) is 5.38. The zero-order chi connectivity index (χ0) is 15.9. The molecule has 0 aromatic heterocycles. The first kappa shape index (κ1) is 13.0. The predicted molar refractivity (Wildman–Crippen MR) is 80.6 cm³/mol. The van der Waals surface area contributed by atoms with Gasteiger partial charge in [-0.15, -0.1) is 0 Å². The van der Waals surface area contributed by atoms with Gasteiger partial charge in [0.1, 0.15) is 0 Å². The normalized spacial score (nSPS) is 39.4. The summed E-state index contributed by atoms with van der Waals surface area (Å²) in [5.41, 5.74) is 0.462. The molecule has 3 fully saturated rings. The van der Waals surface area contributed by atoms with Crippen molar-refractivity contribution in [2.24, 2.45) is 35.5 Å². The second-order valence-corrected chi connectivity index (χ2v) is 7.02. The Morgan fingerprint density at radius 3 is 2.22 bits per heavy atom. The summed E-state index contributed by atoms with van der Waals surface area (Å²) in [5.74, 6) is -0.407. The van der Waals surface area contributed by atoms with Crippen LogP contribution in [0.2, 0.25) is 0 Å². The maximum Gasteiger partial charge on any atom is 0.335 e. The molecule has 2 bridgehead atoms. The van der Waals surface area contributed by atoms with E-state index in [0.717, 1.165) is 6.42 Å². The van der Waals surface area contributed by atoms with Gasteiger partial charge in [0.25, 0.3) is 0 Å². The van der Waals surface area contributed by atoms with E-state index < -0.39 is 5.97 Å². The van der Waals surface area contributed by atoms with Crippen LogP contribution in [0.1, 0.15) is 16.8 Å². The predicted octanol–water partition coefficient (Wildman–Crippen LogP) is 1.94. The van der Waals surface area contributed by atoms with Crippen molar-refractivity contribution in [2.75, 3.05) is 4.90 Å². The molecule has 23 heavy (non-hydrogen) atoms. The van der Waals surface area contributed by atoms with Gasteiger partial charge in [0.2, 0.25) is 11.8 Å². The number of hydrogen-bond donors (Lipinski definition) is 1. The summed E-state index contributed by atoms with van der Waals surface area (Å²) in [5, 5.41) is 9.13. The monoisotopic (exact) mass is 309 g/mol. The number of hydrogen-bond acceptors (Lipinski definition) is 3. The zero-order valence-corrected chi connectivity index (χ0v) is 12.3. The van der Waals surface area contributed by atoms with Crippen molar-refractivity contribution >= 4 is 23.5 Å². The first-order valence-corrected chi connectivity index (χ1v) is 7.97. The van der Waals surface area contributed by atoms with Crippen molar-refractivity contribution in [2.45, 2.75) is 6.42 Å². The van der Waals surface area contributed by atoms with Gasteiger partial charge in [-0.05, 0) is 48.3 Å². The molecule has 1 aromatic carbocycles. The number of anilines is 1. The van der Waals surface area contributed by atoms with E-state index in [1.807, 2.05) is 0 Å². The number of carbonyl (C=O) groups is 3. The van der Waals surface area contributed by atoms with Gasteiger partial charge in [0, 0.05) is 0 Å². The van der Waals surface area contributed by atoms with Crippen molar-refractivity contribution in [3.63, 3.8) is 0 Å². The molecule has 1 N–H and O–H groups in total. The maximum atomic E-state index is 12.9. The van der Waals surface area contributed by atoms with Gasteiger partial charge in [0.15, 0.2) is 0 Å². The van der Waals surface area contributed by atoms with Crippen LogP contribution in [0.4, 0.5) is 5.69 Å². The molecule has 5 aliphatic rings. The molecule has 2 amide bonds. The fourth-order valence-electron chi connectivity index (χ4n) is 4.99. The Balaban J connectivity index is 1.57. The third-order valence-corrected chi connectivity index (χ3v) is 6.01. The van der Waals surface area contributed by atoms with Crippen molar-refractivity contribution in [1.29, 1.82) is 0 Å². The molecule has 1 saturated heterocycles. The molecule has 116 valence electrons. The summed E-state index contributed by atoms with van der Waals surface area (Å²) < 4.78 is 0. The highest BCUT2D eigenvalue weighted by Crippen LogP contribution is 2.65. The van der Waals surface area contributed by atoms with Gasteiger partial charge in [-0.3, -0.25) is 9.59 Å². The lowest BCUT2D eigenvalue weighted by Gasteiger charge is -2.37. The summed E-state index contributed by atoms with van der Waals surface area (Å²) in [6, 6.07) is 6.08. The molecule has 0 radical (unpaired) electrons. The average Bonchev–Trinajstić information content (AvgIpc) is 3.32. The minimum Gasteiger partial charge on any atom is -0.478 e. The van der Waals surface area contributed by atoms with E-state index in [1.165, 1.54) is 17.0 Å². The lowest BCUT2D eigenvalue weighted by Crippen LogP contribution is -2.40. The van der Waals surface area contributed by atoms with Crippen LogP contribution in [0.3, 0.4) is 0 Å². The van der Waals surface area contributed by atoms with Crippen LogP contribution < -0.4 is 4.90 Å². The number of carboxylic acid groups (broad SMARTS) is 1.